The maximum atomic E-state index is 6.22. The van der Waals surface area contributed by atoms with E-state index in [1.165, 1.54) is 0 Å². The van der Waals surface area contributed by atoms with Gasteiger partial charge in [0.05, 0.1) is 17.7 Å². The van der Waals surface area contributed by atoms with Gasteiger partial charge in [0, 0.05) is 18.7 Å². The number of nitrogens with two attached hydrogens (primary N) is 1. The zero-order valence-corrected chi connectivity index (χ0v) is 14.8. The molecule has 0 radical (unpaired) electrons. The van der Waals surface area contributed by atoms with Crippen LogP contribution in [0.5, 0.6) is 0 Å². The topological polar surface area (TPSA) is 74.1 Å². The molecular formula is C18H26N4O2. The Hall–Kier alpha value is -1.92. The SMILES string of the molecule is C=C[C@@]1(C)C[C@@H](n2ccc(/C(N)=N\C)c2N=C)[C@@H]2OC(C)(C)O[C@@H]21. The zero-order chi connectivity index (χ0) is 17.7. The molecule has 1 aromatic heterocycles. The van der Waals surface area contributed by atoms with Gasteiger partial charge in [0.15, 0.2) is 5.79 Å². The summed E-state index contributed by atoms with van der Waals surface area (Å²) in [4.78, 5) is 8.26. The van der Waals surface area contributed by atoms with Crippen LogP contribution in [0.2, 0.25) is 0 Å². The fraction of sp³-hybridized carbons (Fsp3) is 0.556. The third-order valence-corrected chi connectivity index (χ3v) is 5.18. The molecule has 130 valence electrons. The van der Waals surface area contributed by atoms with E-state index < -0.39 is 5.79 Å². The summed E-state index contributed by atoms with van der Waals surface area (Å²) >= 11 is 0. The van der Waals surface area contributed by atoms with Gasteiger partial charge < -0.3 is 19.8 Å². The number of nitrogens with zero attached hydrogens (tertiary/aromatic N) is 3. The molecule has 1 aliphatic carbocycles. The Morgan fingerprint density at radius 1 is 1.42 bits per heavy atom. The standard InChI is InChI=1S/C18H26N4O2/c1-7-18(4)10-12(13-14(18)24-17(2,3)23-13)22-9-8-11(15(19)20-5)16(22)21-6/h7-9,12-14H,1,6,10H2,2-5H3,(H2,19,20)/t12-,13+,14+,18+/m1/s1. The second-order valence-corrected chi connectivity index (χ2v) is 7.23. The molecule has 1 aromatic rings. The van der Waals surface area contributed by atoms with Gasteiger partial charge >= 0.3 is 0 Å². The fourth-order valence-corrected chi connectivity index (χ4v) is 3.91. The fourth-order valence-electron chi connectivity index (χ4n) is 3.91. The minimum absolute atomic E-state index is 0.0456. The summed E-state index contributed by atoms with van der Waals surface area (Å²) in [6.07, 6.45) is 4.67. The van der Waals surface area contributed by atoms with Crippen molar-refractivity contribution in [3.63, 3.8) is 0 Å². The first-order valence-electron chi connectivity index (χ1n) is 8.16. The molecule has 0 amide bonds. The third-order valence-electron chi connectivity index (χ3n) is 5.18. The summed E-state index contributed by atoms with van der Waals surface area (Å²) in [5.74, 6) is 0.546. The molecular weight excluding hydrogens is 304 g/mol. The molecule has 0 unspecified atom stereocenters. The van der Waals surface area contributed by atoms with Crippen molar-refractivity contribution in [2.75, 3.05) is 7.05 Å². The molecule has 4 atom stereocenters. The Morgan fingerprint density at radius 2 is 2.12 bits per heavy atom. The number of fused-ring (bicyclic) bond motifs is 1. The molecule has 1 saturated heterocycles. The maximum Gasteiger partial charge on any atom is 0.163 e. The highest BCUT2D eigenvalue weighted by atomic mass is 16.8. The van der Waals surface area contributed by atoms with Gasteiger partial charge in [-0.15, -0.1) is 6.58 Å². The summed E-state index contributed by atoms with van der Waals surface area (Å²) < 4.78 is 14.5. The van der Waals surface area contributed by atoms with Crippen molar-refractivity contribution >= 4 is 18.4 Å². The van der Waals surface area contributed by atoms with E-state index in [1.807, 2.05) is 32.2 Å². The van der Waals surface area contributed by atoms with E-state index in [4.69, 9.17) is 15.2 Å². The van der Waals surface area contributed by atoms with E-state index in [0.717, 1.165) is 12.0 Å². The average Bonchev–Trinajstić information content (AvgIpc) is 3.18. The first-order valence-corrected chi connectivity index (χ1v) is 8.16. The van der Waals surface area contributed by atoms with Gasteiger partial charge in [-0.05, 0) is 33.1 Å². The average molecular weight is 330 g/mol. The summed E-state index contributed by atoms with van der Waals surface area (Å²) in [6, 6.07) is 1.99. The molecule has 24 heavy (non-hydrogen) atoms. The third kappa shape index (κ3) is 2.41. The molecule has 1 aliphatic heterocycles. The van der Waals surface area contributed by atoms with Crippen LogP contribution in [0, 0.1) is 5.41 Å². The number of aromatic nitrogens is 1. The van der Waals surface area contributed by atoms with Gasteiger partial charge in [-0.1, -0.05) is 13.0 Å². The lowest BCUT2D eigenvalue weighted by atomic mass is 9.86. The van der Waals surface area contributed by atoms with Crippen molar-refractivity contribution in [3.8, 4) is 0 Å². The number of rotatable bonds is 4. The number of ether oxygens (including phenoxy) is 2. The zero-order valence-electron chi connectivity index (χ0n) is 14.8. The van der Waals surface area contributed by atoms with Crippen molar-refractivity contribution in [1.82, 2.24) is 4.57 Å². The van der Waals surface area contributed by atoms with Crippen LogP contribution in [-0.4, -0.2) is 42.2 Å². The maximum absolute atomic E-state index is 6.22. The number of aliphatic imine (C=N–C) groups is 2. The second-order valence-electron chi connectivity index (χ2n) is 7.23. The lowest BCUT2D eigenvalue weighted by Gasteiger charge is -2.28. The van der Waals surface area contributed by atoms with Gasteiger partial charge in [0.25, 0.3) is 0 Å². The predicted octanol–water partition coefficient (Wildman–Crippen LogP) is 2.81. The van der Waals surface area contributed by atoms with Crippen LogP contribution in [0.4, 0.5) is 5.82 Å². The first kappa shape index (κ1) is 16.9. The lowest BCUT2D eigenvalue weighted by molar-refractivity contribution is -0.164. The molecule has 2 heterocycles. The molecule has 1 saturated carbocycles. The number of amidine groups is 1. The Bertz CT molecular complexity index is 706. The van der Waals surface area contributed by atoms with Crippen LogP contribution in [-0.2, 0) is 9.47 Å². The smallest absolute Gasteiger partial charge is 0.163 e. The Morgan fingerprint density at radius 3 is 2.71 bits per heavy atom. The summed E-state index contributed by atoms with van der Waals surface area (Å²) in [5.41, 5.74) is 6.61. The van der Waals surface area contributed by atoms with Gasteiger partial charge in [-0.2, -0.15) is 0 Å². The number of hydrogen-bond donors (Lipinski definition) is 1. The summed E-state index contributed by atoms with van der Waals surface area (Å²) in [6.45, 7) is 13.8. The predicted molar refractivity (Wildman–Crippen MR) is 96.1 cm³/mol. The number of hydrogen-bond acceptors (Lipinski definition) is 4. The normalized spacial score (nSPS) is 35.0. The molecule has 2 N–H and O–H groups in total. The van der Waals surface area contributed by atoms with Crippen LogP contribution < -0.4 is 5.73 Å². The van der Waals surface area contributed by atoms with E-state index in [9.17, 15) is 0 Å². The van der Waals surface area contributed by atoms with Gasteiger partial charge in [-0.25, -0.2) is 4.99 Å². The molecule has 2 aliphatic rings. The molecule has 3 rings (SSSR count). The Balaban J connectivity index is 2.06. The molecule has 6 nitrogen and oxygen atoms in total. The highest BCUT2D eigenvalue weighted by Gasteiger charge is 2.59. The highest BCUT2D eigenvalue weighted by Crippen LogP contribution is 2.54. The molecule has 6 heteroatoms. The van der Waals surface area contributed by atoms with Gasteiger partial charge in [0.1, 0.15) is 17.8 Å². The highest BCUT2D eigenvalue weighted by molar-refractivity contribution is 6.01. The van der Waals surface area contributed by atoms with Crippen molar-refractivity contribution in [2.45, 2.75) is 51.2 Å². The van der Waals surface area contributed by atoms with Crippen molar-refractivity contribution in [3.05, 3.63) is 30.5 Å². The van der Waals surface area contributed by atoms with Crippen LogP contribution in [0.1, 0.15) is 38.8 Å². The monoisotopic (exact) mass is 330 g/mol. The van der Waals surface area contributed by atoms with Crippen LogP contribution in [0.3, 0.4) is 0 Å². The van der Waals surface area contributed by atoms with E-state index >= 15 is 0 Å². The van der Waals surface area contributed by atoms with Crippen LogP contribution in [0.15, 0.2) is 34.9 Å². The van der Waals surface area contributed by atoms with Crippen molar-refractivity contribution in [1.29, 1.82) is 0 Å². The van der Waals surface area contributed by atoms with Crippen LogP contribution in [0.25, 0.3) is 0 Å². The van der Waals surface area contributed by atoms with E-state index in [2.05, 4.69) is 34.8 Å². The molecule has 0 bridgehead atoms. The Labute approximate surface area is 143 Å². The van der Waals surface area contributed by atoms with Crippen molar-refractivity contribution in [2.24, 2.45) is 21.1 Å². The summed E-state index contributed by atoms with van der Waals surface area (Å²) in [5, 5.41) is 0. The molecule has 0 spiro atoms. The van der Waals surface area contributed by atoms with E-state index in [1.54, 1.807) is 7.05 Å². The second kappa shape index (κ2) is 5.57. The minimum atomic E-state index is -0.611. The Kier molecular flexibility index (Phi) is 3.92. The largest absolute Gasteiger partial charge is 0.383 e. The quantitative estimate of drug-likeness (QED) is 0.524. The van der Waals surface area contributed by atoms with Gasteiger partial charge in [0.2, 0.25) is 0 Å². The molecule has 2 fully saturated rings. The van der Waals surface area contributed by atoms with E-state index in [-0.39, 0.29) is 23.7 Å². The van der Waals surface area contributed by atoms with Gasteiger partial charge in [-0.3, -0.25) is 4.99 Å². The minimum Gasteiger partial charge on any atom is -0.383 e. The van der Waals surface area contributed by atoms with E-state index in [0.29, 0.717) is 11.7 Å². The summed E-state index contributed by atoms with van der Waals surface area (Å²) in [7, 11) is 1.66. The molecule has 0 aromatic carbocycles. The van der Waals surface area contributed by atoms with Crippen molar-refractivity contribution < 1.29 is 9.47 Å². The van der Waals surface area contributed by atoms with Crippen LogP contribution >= 0.6 is 0 Å². The first-order chi connectivity index (χ1) is 11.3. The lowest BCUT2D eigenvalue weighted by Crippen LogP contribution is -2.31.